The molecule has 0 atom stereocenters. The minimum absolute atomic E-state index is 0.238. The van der Waals surface area contributed by atoms with E-state index in [-0.39, 0.29) is 17.0 Å². The second kappa shape index (κ2) is 3.43. The fourth-order valence-corrected chi connectivity index (χ4v) is 5.30. The highest BCUT2D eigenvalue weighted by atomic mass is 16.2. The average molecular weight is 242 g/mol. The Labute approximate surface area is 107 Å². The van der Waals surface area contributed by atoms with E-state index >= 15 is 0 Å². The fourth-order valence-electron chi connectivity index (χ4n) is 5.30. The van der Waals surface area contributed by atoms with Crippen LogP contribution >= 0.6 is 0 Å². The summed E-state index contributed by atoms with van der Waals surface area (Å²) in [5.41, 5.74) is 1.40. The molecule has 0 unspecified atom stereocenters. The molecule has 0 radical (unpaired) electrons. The van der Waals surface area contributed by atoms with Gasteiger partial charge in [0.15, 0.2) is 0 Å². The highest BCUT2D eigenvalue weighted by Gasteiger charge is 2.52. The van der Waals surface area contributed by atoms with E-state index in [1.54, 1.807) is 6.08 Å². The van der Waals surface area contributed by atoms with Crippen molar-refractivity contribution >= 4 is 11.6 Å². The lowest BCUT2D eigenvalue weighted by Gasteiger charge is -2.57. The first-order valence-corrected chi connectivity index (χ1v) is 7.13. The van der Waals surface area contributed by atoms with Crippen LogP contribution in [-0.2, 0) is 9.59 Å². The SMILES string of the molecule is O=C1C=CC(C23CC4CC(CC(C4)C2)C3)=CC1=O. The average Bonchev–Trinajstić information content (AvgIpc) is 2.31. The Hall–Kier alpha value is -1.18. The van der Waals surface area contributed by atoms with E-state index in [4.69, 9.17) is 0 Å². The van der Waals surface area contributed by atoms with Gasteiger partial charge in [-0.05, 0) is 79.4 Å². The summed E-state index contributed by atoms with van der Waals surface area (Å²) < 4.78 is 0. The summed E-state index contributed by atoms with van der Waals surface area (Å²) in [6.07, 6.45) is 13.0. The summed E-state index contributed by atoms with van der Waals surface area (Å²) >= 11 is 0. The quantitative estimate of drug-likeness (QED) is 0.523. The van der Waals surface area contributed by atoms with Crippen LogP contribution in [0.1, 0.15) is 38.5 Å². The number of ketones is 2. The van der Waals surface area contributed by atoms with Crippen molar-refractivity contribution in [3.8, 4) is 0 Å². The Bertz CT molecular complexity index is 460. The molecule has 5 rings (SSSR count). The van der Waals surface area contributed by atoms with E-state index in [2.05, 4.69) is 0 Å². The number of carbonyl (C=O) groups excluding carboxylic acids is 2. The standard InChI is InChI=1S/C16H18O2/c17-14-2-1-13(6-15(14)18)16-7-10-3-11(8-16)5-12(4-10)9-16/h1-2,6,10-12H,3-5,7-9H2. The number of allylic oxidation sites excluding steroid dienone is 4. The molecule has 4 fully saturated rings. The summed E-state index contributed by atoms with van der Waals surface area (Å²) in [6, 6.07) is 0. The molecule has 0 aromatic heterocycles. The Morgan fingerprint density at radius 3 is 1.89 bits per heavy atom. The highest BCUT2D eigenvalue weighted by molar-refractivity contribution is 6.46. The molecule has 0 saturated heterocycles. The number of hydrogen-bond acceptors (Lipinski definition) is 2. The summed E-state index contributed by atoms with van der Waals surface area (Å²) in [5.74, 6) is 1.95. The van der Waals surface area contributed by atoms with Gasteiger partial charge in [-0.25, -0.2) is 0 Å². The van der Waals surface area contributed by atoms with Gasteiger partial charge in [0.2, 0.25) is 11.6 Å². The third-order valence-corrected chi connectivity index (χ3v) is 5.59. The van der Waals surface area contributed by atoms with E-state index < -0.39 is 0 Å². The fraction of sp³-hybridized carbons (Fsp3) is 0.625. The van der Waals surface area contributed by atoms with Crippen LogP contribution in [0.2, 0.25) is 0 Å². The van der Waals surface area contributed by atoms with Crippen molar-refractivity contribution in [2.75, 3.05) is 0 Å². The van der Waals surface area contributed by atoms with Crippen LogP contribution in [0.3, 0.4) is 0 Å². The van der Waals surface area contributed by atoms with Crippen LogP contribution in [-0.4, -0.2) is 11.6 Å². The van der Waals surface area contributed by atoms with Crippen LogP contribution in [0.15, 0.2) is 23.8 Å². The molecule has 2 nitrogen and oxygen atoms in total. The topological polar surface area (TPSA) is 34.1 Å². The van der Waals surface area contributed by atoms with E-state index in [9.17, 15) is 9.59 Å². The molecule has 5 aliphatic rings. The molecule has 94 valence electrons. The van der Waals surface area contributed by atoms with Crippen molar-refractivity contribution < 1.29 is 9.59 Å². The third-order valence-electron chi connectivity index (χ3n) is 5.59. The van der Waals surface area contributed by atoms with Crippen molar-refractivity contribution in [2.45, 2.75) is 38.5 Å². The normalized spacial score (nSPS) is 45.6. The van der Waals surface area contributed by atoms with E-state index in [1.165, 1.54) is 44.6 Å². The van der Waals surface area contributed by atoms with E-state index in [1.807, 2.05) is 6.08 Å². The Morgan fingerprint density at radius 2 is 1.39 bits per heavy atom. The minimum Gasteiger partial charge on any atom is -0.286 e. The first kappa shape index (κ1) is 10.7. The lowest BCUT2D eigenvalue weighted by Crippen LogP contribution is -2.47. The zero-order chi connectivity index (χ0) is 12.3. The lowest BCUT2D eigenvalue weighted by atomic mass is 9.47. The van der Waals surface area contributed by atoms with Crippen molar-refractivity contribution in [2.24, 2.45) is 23.2 Å². The van der Waals surface area contributed by atoms with Gasteiger partial charge < -0.3 is 0 Å². The molecule has 0 N–H and O–H groups in total. The molecular formula is C16H18O2. The van der Waals surface area contributed by atoms with Gasteiger partial charge in [-0.3, -0.25) is 9.59 Å². The first-order chi connectivity index (χ1) is 8.64. The Morgan fingerprint density at radius 1 is 0.833 bits per heavy atom. The molecule has 18 heavy (non-hydrogen) atoms. The predicted molar refractivity (Wildman–Crippen MR) is 67.8 cm³/mol. The maximum atomic E-state index is 11.6. The summed E-state index contributed by atoms with van der Waals surface area (Å²) in [6.45, 7) is 0. The number of hydrogen-bond donors (Lipinski definition) is 0. The molecule has 0 aromatic rings. The maximum absolute atomic E-state index is 11.6. The van der Waals surface area contributed by atoms with E-state index in [0.29, 0.717) is 0 Å². The van der Waals surface area contributed by atoms with Gasteiger partial charge in [0.25, 0.3) is 0 Å². The largest absolute Gasteiger partial charge is 0.286 e. The smallest absolute Gasteiger partial charge is 0.225 e. The summed E-state index contributed by atoms with van der Waals surface area (Å²) in [4.78, 5) is 22.9. The molecular weight excluding hydrogens is 224 g/mol. The second-order valence-electron chi connectivity index (χ2n) is 6.86. The molecule has 2 heteroatoms. The van der Waals surface area contributed by atoms with Crippen molar-refractivity contribution in [3.63, 3.8) is 0 Å². The van der Waals surface area contributed by atoms with Gasteiger partial charge in [0.05, 0.1) is 0 Å². The molecule has 0 amide bonds. The first-order valence-electron chi connectivity index (χ1n) is 7.13. The van der Waals surface area contributed by atoms with Crippen LogP contribution in [0, 0.1) is 23.2 Å². The Kier molecular flexibility index (Phi) is 2.04. The molecule has 4 saturated carbocycles. The number of carbonyl (C=O) groups is 2. The van der Waals surface area contributed by atoms with Crippen LogP contribution in [0.25, 0.3) is 0 Å². The van der Waals surface area contributed by atoms with Gasteiger partial charge in [0, 0.05) is 0 Å². The van der Waals surface area contributed by atoms with E-state index in [0.717, 1.165) is 23.3 Å². The minimum atomic E-state index is -0.358. The molecule has 4 bridgehead atoms. The van der Waals surface area contributed by atoms with Gasteiger partial charge in [-0.15, -0.1) is 0 Å². The van der Waals surface area contributed by atoms with Crippen molar-refractivity contribution in [3.05, 3.63) is 23.8 Å². The highest BCUT2D eigenvalue weighted by Crippen LogP contribution is 2.62. The monoisotopic (exact) mass is 242 g/mol. The van der Waals surface area contributed by atoms with Gasteiger partial charge >= 0.3 is 0 Å². The Balaban J connectivity index is 1.72. The van der Waals surface area contributed by atoms with Gasteiger partial charge in [-0.2, -0.15) is 0 Å². The van der Waals surface area contributed by atoms with Gasteiger partial charge in [0.1, 0.15) is 0 Å². The summed E-state index contributed by atoms with van der Waals surface area (Å²) in [5, 5.41) is 0. The third kappa shape index (κ3) is 1.41. The second-order valence-corrected chi connectivity index (χ2v) is 6.86. The van der Waals surface area contributed by atoms with Crippen LogP contribution in [0.5, 0.6) is 0 Å². The molecule has 0 aliphatic heterocycles. The summed E-state index contributed by atoms with van der Waals surface area (Å²) in [7, 11) is 0. The molecule has 0 spiro atoms. The molecule has 0 heterocycles. The maximum Gasteiger partial charge on any atom is 0.225 e. The predicted octanol–water partition coefficient (Wildman–Crippen LogP) is 2.84. The number of rotatable bonds is 1. The molecule has 5 aliphatic carbocycles. The van der Waals surface area contributed by atoms with Crippen molar-refractivity contribution in [1.82, 2.24) is 0 Å². The molecule has 0 aromatic carbocycles. The zero-order valence-corrected chi connectivity index (χ0v) is 10.5. The van der Waals surface area contributed by atoms with Crippen LogP contribution < -0.4 is 0 Å². The van der Waals surface area contributed by atoms with Crippen LogP contribution in [0.4, 0.5) is 0 Å². The van der Waals surface area contributed by atoms with Gasteiger partial charge in [-0.1, -0.05) is 6.08 Å². The van der Waals surface area contributed by atoms with Crippen molar-refractivity contribution in [1.29, 1.82) is 0 Å². The lowest BCUT2D eigenvalue weighted by molar-refractivity contribution is -0.131. The zero-order valence-electron chi connectivity index (χ0n) is 10.5.